The molecule has 0 bridgehead atoms. The molecule has 0 aliphatic carbocycles. The fourth-order valence-corrected chi connectivity index (χ4v) is 2.82. The molecule has 0 atom stereocenters. The lowest BCUT2D eigenvalue weighted by Gasteiger charge is -2.19. The summed E-state index contributed by atoms with van der Waals surface area (Å²) in [5.74, 6) is -1.32. The number of carbonyl (C=O) groups is 2. The first-order chi connectivity index (χ1) is 13.3. The van der Waals surface area contributed by atoms with Crippen molar-refractivity contribution in [1.82, 2.24) is 19.6 Å². The smallest absolute Gasteiger partial charge is 0.331 e. The Kier molecular flexibility index (Phi) is 5.30. The number of aliphatic carboxylic acids is 1. The van der Waals surface area contributed by atoms with Crippen LogP contribution in [-0.2, 0) is 16.8 Å². The molecule has 2 N–H and O–H groups in total. The topological polar surface area (TPSA) is 102 Å². The van der Waals surface area contributed by atoms with E-state index in [1.165, 1.54) is 30.9 Å². The summed E-state index contributed by atoms with van der Waals surface area (Å²) in [5, 5.41) is 20.6. The van der Waals surface area contributed by atoms with Crippen LogP contribution in [0.1, 0.15) is 43.2 Å². The van der Waals surface area contributed by atoms with Crippen LogP contribution in [0.5, 0.6) is 0 Å². The van der Waals surface area contributed by atoms with Gasteiger partial charge in [-0.15, -0.1) is 0 Å². The Bertz CT molecular complexity index is 988. The summed E-state index contributed by atoms with van der Waals surface area (Å²) in [6.07, 6.45) is 6.06. The summed E-state index contributed by atoms with van der Waals surface area (Å²) in [5.41, 5.74) is 1.41. The molecule has 3 aromatic rings. The van der Waals surface area contributed by atoms with Gasteiger partial charge in [0, 0.05) is 6.20 Å². The highest BCUT2D eigenvalue weighted by Crippen LogP contribution is 2.20. The first-order valence-corrected chi connectivity index (χ1v) is 9.06. The molecule has 2 heterocycles. The summed E-state index contributed by atoms with van der Waals surface area (Å²) >= 11 is 0. The normalized spacial score (nSPS) is 11.4. The van der Waals surface area contributed by atoms with Crippen LogP contribution in [0.25, 0.3) is 5.69 Å². The van der Waals surface area contributed by atoms with Gasteiger partial charge in [0.1, 0.15) is 0 Å². The van der Waals surface area contributed by atoms with E-state index in [2.05, 4.69) is 15.5 Å². The number of rotatable bonds is 7. The number of anilines is 1. The maximum absolute atomic E-state index is 12.8. The molecule has 146 valence electrons. The Morgan fingerprint density at radius 3 is 2.50 bits per heavy atom. The molecule has 0 saturated heterocycles. The van der Waals surface area contributed by atoms with Crippen molar-refractivity contribution >= 4 is 17.6 Å². The monoisotopic (exact) mass is 381 g/mol. The van der Waals surface area contributed by atoms with Crippen LogP contribution in [0.3, 0.4) is 0 Å². The van der Waals surface area contributed by atoms with Crippen LogP contribution < -0.4 is 5.32 Å². The minimum atomic E-state index is -1.21. The molecule has 1 amide bonds. The summed E-state index contributed by atoms with van der Waals surface area (Å²) in [6.45, 7) is 5.12. The Balaban J connectivity index is 1.87. The maximum Gasteiger partial charge on any atom is 0.331 e. The highest BCUT2D eigenvalue weighted by atomic mass is 16.4. The molecular formula is C20H23N5O3. The van der Waals surface area contributed by atoms with Crippen molar-refractivity contribution in [3.63, 3.8) is 0 Å². The zero-order valence-corrected chi connectivity index (χ0v) is 16.1. The van der Waals surface area contributed by atoms with E-state index in [9.17, 15) is 14.7 Å². The second-order valence-corrected chi connectivity index (χ2v) is 6.99. The Hall–Kier alpha value is -3.42. The standard InChI is InChI=1S/C20H23N5O3/c1-4-8-17-16(12-22-25(17)15-9-6-5-7-10-15)18(26)23-14-11-21-24(13-14)20(2,3)19(27)28/h5-7,9-13H,4,8H2,1-3H3,(H,23,26)(H,27,28). The molecule has 1 aromatic carbocycles. The van der Waals surface area contributed by atoms with Gasteiger partial charge >= 0.3 is 5.97 Å². The van der Waals surface area contributed by atoms with Crippen molar-refractivity contribution < 1.29 is 14.7 Å². The van der Waals surface area contributed by atoms with Crippen LogP contribution >= 0.6 is 0 Å². The first-order valence-electron chi connectivity index (χ1n) is 9.06. The lowest BCUT2D eigenvalue weighted by molar-refractivity contribution is -0.146. The number of nitrogens with one attached hydrogen (secondary N) is 1. The number of benzene rings is 1. The molecule has 0 unspecified atom stereocenters. The number of amides is 1. The Labute approximate surface area is 162 Å². The number of aromatic nitrogens is 4. The van der Waals surface area contributed by atoms with Crippen molar-refractivity contribution in [2.24, 2.45) is 0 Å². The number of nitrogens with zero attached hydrogens (tertiary/aromatic N) is 4. The lowest BCUT2D eigenvalue weighted by Crippen LogP contribution is -2.35. The van der Waals surface area contributed by atoms with Gasteiger partial charge in [0.15, 0.2) is 5.54 Å². The van der Waals surface area contributed by atoms with E-state index >= 15 is 0 Å². The van der Waals surface area contributed by atoms with E-state index in [4.69, 9.17) is 0 Å². The van der Waals surface area contributed by atoms with E-state index in [0.717, 1.165) is 17.8 Å². The van der Waals surface area contributed by atoms with E-state index in [0.29, 0.717) is 17.7 Å². The molecule has 0 aliphatic heterocycles. The van der Waals surface area contributed by atoms with Crippen LogP contribution in [0.15, 0.2) is 48.9 Å². The Morgan fingerprint density at radius 2 is 1.86 bits per heavy atom. The van der Waals surface area contributed by atoms with Crippen molar-refractivity contribution in [2.75, 3.05) is 5.32 Å². The van der Waals surface area contributed by atoms with Gasteiger partial charge in [-0.2, -0.15) is 10.2 Å². The van der Waals surface area contributed by atoms with Crippen LogP contribution in [0.4, 0.5) is 5.69 Å². The molecule has 3 rings (SSSR count). The van der Waals surface area contributed by atoms with Gasteiger partial charge in [-0.25, -0.2) is 9.48 Å². The van der Waals surface area contributed by atoms with Crippen molar-refractivity contribution in [3.8, 4) is 5.69 Å². The summed E-state index contributed by atoms with van der Waals surface area (Å²) in [6, 6.07) is 9.64. The number of hydrogen-bond donors (Lipinski definition) is 2. The third kappa shape index (κ3) is 3.66. The number of para-hydroxylation sites is 1. The minimum absolute atomic E-state index is 0.307. The van der Waals surface area contributed by atoms with E-state index in [-0.39, 0.29) is 5.91 Å². The second-order valence-electron chi connectivity index (χ2n) is 6.99. The van der Waals surface area contributed by atoms with Gasteiger partial charge in [0.05, 0.1) is 35.0 Å². The quantitative estimate of drug-likeness (QED) is 0.655. The van der Waals surface area contributed by atoms with Crippen molar-refractivity contribution in [3.05, 3.63) is 60.2 Å². The molecule has 0 radical (unpaired) electrons. The highest BCUT2D eigenvalue weighted by molar-refractivity contribution is 6.05. The molecule has 8 nitrogen and oxygen atoms in total. The Morgan fingerprint density at radius 1 is 1.14 bits per heavy atom. The molecule has 2 aromatic heterocycles. The number of carbonyl (C=O) groups excluding carboxylic acids is 1. The molecule has 0 aliphatic rings. The predicted octanol–water partition coefficient (Wildman–Crippen LogP) is 3.09. The molecule has 8 heteroatoms. The van der Waals surface area contributed by atoms with Crippen molar-refractivity contribution in [1.29, 1.82) is 0 Å². The third-order valence-electron chi connectivity index (χ3n) is 4.54. The van der Waals surface area contributed by atoms with E-state index < -0.39 is 11.5 Å². The van der Waals surface area contributed by atoms with Crippen LogP contribution in [-0.4, -0.2) is 36.5 Å². The predicted molar refractivity (Wildman–Crippen MR) is 105 cm³/mol. The fraction of sp³-hybridized carbons (Fsp3) is 0.300. The van der Waals surface area contributed by atoms with Gasteiger partial charge in [-0.3, -0.25) is 9.48 Å². The number of carboxylic acid groups (broad SMARTS) is 1. The average Bonchev–Trinajstić information content (AvgIpc) is 3.30. The molecule has 0 spiro atoms. The fourth-order valence-electron chi connectivity index (χ4n) is 2.82. The summed E-state index contributed by atoms with van der Waals surface area (Å²) in [7, 11) is 0. The zero-order chi connectivity index (χ0) is 20.3. The lowest BCUT2D eigenvalue weighted by atomic mass is 10.1. The van der Waals surface area contributed by atoms with Crippen molar-refractivity contribution in [2.45, 2.75) is 39.2 Å². The van der Waals surface area contributed by atoms with Crippen LogP contribution in [0.2, 0.25) is 0 Å². The van der Waals surface area contributed by atoms with Gasteiger partial charge in [-0.1, -0.05) is 31.5 Å². The minimum Gasteiger partial charge on any atom is -0.479 e. The molecule has 0 fully saturated rings. The molecule has 0 saturated carbocycles. The highest BCUT2D eigenvalue weighted by Gasteiger charge is 2.30. The second kappa shape index (κ2) is 7.67. The van der Waals surface area contributed by atoms with Crippen LogP contribution in [0, 0.1) is 0 Å². The summed E-state index contributed by atoms with van der Waals surface area (Å²) in [4.78, 5) is 24.2. The summed E-state index contributed by atoms with van der Waals surface area (Å²) < 4.78 is 3.08. The largest absolute Gasteiger partial charge is 0.479 e. The third-order valence-corrected chi connectivity index (χ3v) is 4.54. The van der Waals surface area contributed by atoms with Gasteiger partial charge in [-0.05, 0) is 32.4 Å². The van der Waals surface area contributed by atoms with Gasteiger partial charge in [0.25, 0.3) is 5.91 Å². The first kappa shape index (κ1) is 19.3. The molecular weight excluding hydrogens is 358 g/mol. The zero-order valence-electron chi connectivity index (χ0n) is 16.1. The van der Waals surface area contributed by atoms with E-state index in [1.54, 1.807) is 10.9 Å². The number of hydrogen-bond acceptors (Lipinski definition) is 4. The maximum atomic E-state index is 12.8. The average molecular weight is 381 g/mol. The number of carboxylic acids is 1. The SMILES string of the molecule is CCCc1c(C(=O)Nc2cnn(C(C)(C)C(=O)O)c2)cnn1-c1ccccc1. The van der Waals surface area contributed by atoms with E-state index in [1.807, 2.05) is 37.3 Å². The van der Waals surface area contributed by atoms with Gasteiger partial charge < -0.3 is 10.4 Å². The molecule has 28 heavy (non-hydrogen) atoms. The van der Waals surface area contributed by atoms with Gasteiger partial charge in [0.2, 0.25) is 0 Å².